The molecule has 1 nitrogen and oxygen atoms in total. The predicted octanol–water partition coefficient (Wildman–Crippen LogP) is 2.70. The maximum atomic E-state index is 5.52. The summed E-state index contributed by atoms with van der Waals surface area (Å²) in [5, 5.41) is 0. The van der Waals surface area contributed by atoms with Crippen LogP contribution in [0.25, 0.3) is 0 Å². The minimum atomic E-state index is 0.789. The average molecular weight is 191 g/mol. The third-order valence-corrected chi connectivity index (χ3v) is 2.60. The van der Waals surface area contributed by atoms with Crippen LogP contribution in [0.3, 0.4) is 0 Å². The quantitative estimate of drug-likeness (QED) is 0.761. The number of nitrogens with two attached hydrogens (primary N) is 1. The Bertz CT molecular complexity index is 256. The van der Waals surface area contributed by atoms with E-state index >= 15 is 0 Å². The molecule has 0 saturated heterocycles. The fourth-order valence-corrected chi connectivity index (χ4v) is 1.70. The van der Waals surface area contributed by atoms with E-state index in [1.807, 2.05) is 0 Å². The highest BCUT2D eigenvalue weighted by Gasteiger charge is 1.98. The molecule has 0 heterocycles. The Labute approximate surface area is 87.3 Å². The van der Waals surface area contributed by atoms with E-state index in [0.717, 1.165) is 32.2 Å². The summed E-state index contributed by atoms with van der Waals surface area (Å²) in [5.41, 5.74) is 9.88. The zero-order valence-electron chi connectivity index (χ0n) is 9.34. The van der Waals surface area contributed by atoms with Crippen molar-refractivity contribution in [3.8, 4) is 0 Å². The molecule has 0 bridgehead atoms. The Hall–Kier alpha value is -0.820. The van der Waals surface area contributed by atoms with Crippen LogP contribution < -0.4 is 5.73 Å². The predicted molar refractivity (Wildman–Crippen MR) is 62.6 cm³/mol. The summed E-state index contributed by atoms with van der Waals surface area (Å²) in [4.78, 5) is 0. The van der Waals surface area contributed by atoms with Crippen LogP contribution in [-0.2, 0) is 19.3 Å². The molecule has 1 heteroatoms. The molecule has 0 fully saturated rings. The third-order valence-electron chi connectivity index (χ3n) is 2.60. The van der Waals surface area contributed by atoms with Crippen LogP contribution in [-0.4, -0.2) is 6.54 Å². The van der Waals surface area contributed by atoms with Gasteiger partial charge in [-0.1, -0.05) is 32.0 Å². The van der Waals surface area contributed by atoms with Crippen molar-refractivity contribution >= 4 is 0 Å². The molecule has 0 radical (unpaired) electrons. The van der Waals surface area contributed by atoms with Gasteiger partial charge in [-0.2, -0.15) is 0 Å². The van der Waals surface area contributed by atoms with Gasteiger partial charge in [0, 0.05) is 0 Å². The molecule has 0 aliphatic heterocycles. The van der Waals surface area contributed by atoms with Gasteiger partial charge >= 0.3 is 0 Å². The van der Waals surface area contributed by atoms with Crippen molar-refractivity contribution in [2.45, 2.75) is 39.5 Å². The second kappa shape index (κ2) is 5.82. The summed E-state index contributed by atoms with van der Waals surface area (Å²) in [7, 11) is 0. The topological polar surface area (TPSA) is 26.0 Å². The highest BCUT2D eigenvalue weighted by Crippen LogP contribution is 2.13. The largest absolute Gasteiger partial charge is 0.330 e. The number of benzene rings is 1. The lowest BCUT2D eigenvalue weighted by Crippen LogP contribution is -2.01. The fraction of sp³-hybridized carbons (Fsp3) is 0.538. The minimum absolute atomic E-state index is 0.789. The van der Waals surface area contributed by atoms with Gasteiger partial charge in [0.05, 0.1) is 0 Å². The third kappa shape index (κ3) is 3.15. The second-order valence-corrected chi connectivity index (χ2v) is 3.76. The second-order valence-electron chi connectivity index (χ2n) is 3.76. The van der Waals surface area contributed by atoms with E-state index in [9.17, 15) is 0 Å². The Morgan fingerprint density at radius 3 is 1.86 bits per heavy atom. The van der Waals surface area contributed by atoms with E-state index in [4.69, 9.17) is 5.73 Å². The van der Waals surface area contributed by atoms with Gasteiger partial charge < -0.3 is 5.73 Å². The molecule has 0 unspecified atom stereocenters. The van der Waals surface area contributed by atoms with E-state index in [-0.39, 0.29) is 0 Å². The SMILES string of the molecule is CCc1cc(CC)cc(CCCN)c1. The molecule has 0 amide bonds. The first-order chi connectivity index (χ1) is 6.80. The lowest BCUT2D eigenvalue weighted by Gasteiger charge is -2.07. The number of rotatable bonds is 5. The molecule has 0 aliphatic rings. The highest BCUT2D eigenvalue weighted by atomic mass is 14.5. The lowest BCUT2D eigenvalue weighted by atomic mass is 10.00. The van der Waals surface area contributed by atoms with Crippen molar-refractivity contribution in [2.24, 2.45) is 5.73 Å². The van der Waals surface area contributed by atoms with E-state index in [1.165, 1.54) is 16.7 Å². The van der Waals surface area contributed by atoms with Gasteiger partial charge in [0.25, 0.3) is 0 Å². The Balaban J connectivity index is 2.81. The number of hydrogen-bond acceptors (Lipinski definition) is 1. The van der Waals surface area contributed by atoms with Gasteiger partial charge in [-0.25, -0.2) is 0 Å². The summed E-state index contributed by atoms with van der Waals surface area (Å²) >= 11 is 0. The van der Waals surface area contributed by atoms with Crippen LogP contribution in [0.2, 0.25) is 0 Å². The molecular formula is C13H21N. The highest BCUT2D eigenvalue weighted by molar-refractivity contribution is 5.30. The van der Waals surface area contributed by atoms with Gasteiger partial charge in [0.1, 0.15) is 0 Å². The van der Waals surface area contributed by atoms with E-state index in [0.29, 0.717) is 0 Å². The number of aryl methyl sites for hydroxylation is 3. The summed E-state index contributed by atoms with van der Waals surface area (Å²) in [5.74, 6) is 0. The van der Waals surface area contributed by atoms with E-state index in [2.05, 4.69) is 32.0 Å². The first-order valence-electron chi connectivity index (χ1n) is 5.62. The molecule has 78 valence electrons. The van der Waals surface area contributed by atoms with Gasteiger partial charge in [-0.15, -0.1) is 0 Å². The zero-order valence-corrected chi connectivity index (χ0v) is 9.34. The molecule has 1 rings (SSSR count). The van der Waals surface area contributed by atoms with Crippen molar-refractivity contribution < 1.29 is 0 Å². The molecule has 0 saturated carbocycles. The zero-order chi connectivity index (χ0) is 10.4. The van der Waals surface area contributed by atoms with Crippen molar-refractivity contribution in [2.75, 3.05) is 6.54 Å². The minimum Gasteiger partial charge on any atom is -0.330 e. The van der Waals surface area contributed by atoms with E-state index < -0.39 is 0 Å². The van der Waals surface area contributed by atoms with Crippen LogP contribution in [0.4, 0.5) is 0 Å². The fourth-order valence-electron chi connectivity index (χ4n) is 1.70. The summed E-state index contributed by atoms with van der Waals surface area (Å²) < 4.78 is 0. The van der Waals surface area contributed by atoms with Crippen molar-refractivity contribution in [1.82, 2.24) is 0 Å². The van der Waals surface area contributed by atoms with Crippen molar-refractivity contribution in [1.29, 1.82) is 0 Å². The summed E-state index contributed by atoms with van der Waals surface area (Å²) in [6.45, 7) is 5.21. The van der Waals surface area contributed by atoms with Gasteiger partial charge in [0.15, 0.2) is 0 Å². The van der Waals surface area contributed by atoms with Crippen LogP contribution in [0.1, 0.15) is 37.0 Å². The van der Waals surface area contributed by atoms with Gasteiger partial charge in [-0.3, -0.25) is 0 Å². The average Bonchev–Trinajstić information content (AvgIpc) is 2.25. The molecule has 0 aliphatic carbocycles. The first kappa shape index (κ1) is 11.3. The van der Waals surface area contributed by atoms with Crippen LogP contribution >= 0.6 is 0 Å². The molecule has 0 aromatic heterocycles. The van der Waals surface area contributed by atoms with Crippen LogP contribution in [0, 0.1) is 0 Å². The molecule has 1 aromatic rings. The van der Waals surface area contributed by atoms with Gasteiger partial charge in [-0.05, 0) is 48.9 Å². The molecule has 1 aromatic carbocycles. The Morgan fingerprint density at radius 2 is 1.43 bits per heavy atom. The lowest BCUT2D eigenvalue weighted by molar-refractivity contribution is 0.829. The summed E-state index contributed by atoms with van der Waals surface area (Å²) in [6.07, 6.45) is 4.47. The van der Waals surface area contributed by atoms with E-state index in [1.54, 1.807) is 0 Å². The molecular weight excluding hydrogens is 170 g/mol. The maximum absolute atomic E-state index is 5.52. The molecule has 0 atom stereocenters. The Morgan fingerprint density at radius 1 is 0.929 bits per heavy atom. The molecule has 2 N–H and O–H groups in total. The smallest absolute Gasteiger partial charge is 0.00741 e. The normalized spacial score (nSPS) is 10.5. The van der Waals surface area contributed by atoms with Crippen molar-refractivity contribution in [3.05, 3.63) is 34.9 Å². The standard InChI is InChI=1S/C13H21N/c1-3-11-8-12(4-2)10-13(9-11)6-5-7-14/h8-10H,3-7,14H2,1-2H3. The van der Waals surface area contributed by atoms with Crippen LogP contribution in [0.15, 0.2) is 18.2 Å². The van der Waals surface area contributed by atoms with Gasteiger partial charge in [0.2, 0.25) is 0 Å². The number of hydrogen-bond donors (Lipinski definition) is 1. The summed E-state index contributed by atoms with van der Waals surface area (Å²) in [6, 6.07) is 6.94. The first-order valence-corrected chi connectivity index (χ1v) is 5.62. The van der Waals surface area contributed by atoms with Crippen LogP contribution in [0.5, 0.6) is 0 Å². The Kier molecular flexibility index (Phi) is 4.68. The molecule has 0 spiro atoms. The van der Waals surface area contributed by atoms with Crippen molar-refractivity contribution in [3.63, 3.8) is 0 Å². The molecule has 14 heavy (non-hydrogen) atoms. The monoisotopic (exact) mass is 191 g/mol. The maximum Gasteiger partial charge on any atom is -0.00741 e.